The summed E-state index contributed by atoms with van der Waals surface area (Å²) in [6, 6.07) is 7.86. The third kappa shape index (κ3) is 8.22. The van der Waals surface area contributed by atoms with Crippen LogP contribution in [0.15, 0.2) is 48.6 Å². The molecule has 0 aromatic heterocycles. The van der Waals surface area contributed by atoms with Crippen LogP contribution in [0.25, 0.3) is 0 Å². The summed E-state index contributed by atoms with van der Waals surface area (Å²) in [5.41, 5.74) is -0.730. The van der Waals surface area contributed by atoms with Gasteiger partial charge in [-0.3, -0.25) is 4.79 Å². The average Bonchev–Trinajstić information content (AvgIpc) is 3.19. The molecule has 4 nitrogen and oxygen atoms in total. The molecule has 0 amide bonds. The van der Waals surface area contributed by atoms with Crippen LogP contribution in [0.4, 0.5) is 13.2 Å². The molecular weight excluding hydrogens is 509 g/mol. The summed E-state index contributed by atoms with van der Waals surface area (Å²) in [4.78, 5) is 12.3. The van der Waals surface area contributed by atoms with Crippen LogP contribution in [0.1, 0.15) is 65.4 Å². The molecule has 1 unspecified atom stereocenters. The van der Waals surface area contributed by atoms with Gasteiger partial charge in [-0.05, 0) is 73.9 Å². The van der Waals surface area contributed by atoms with Gasteiger partial charge in [-0.2, -0.15) is 13.2 Å². The number of carbonyl (C=O) groups is 1. The van der Waals surface area contributed by atoms with E-state index >= 15 is 0 Å². The molecule has 0 radical (unpaired) electrons. The number of alkyl halides is 3. The van der Waals surface area contributed by atoms with E-state index in [9.17, 15) is 18.0 Å². The predicted octanol–water partition coefficient (Wildman–Crippen LogP) is 8.35. The minimum Gasteiger partial charge on any atom is -0.491 e. The number of hydrogen-bond donors (Lipinski definition) is 0. The Morgan fingerprint density at radius 1 is 1.16 bits per heavy atom. The number of hydrogen-bond acceptors (Lipinski definition) is 4. The Bertz CT molecular complexity index is 949. The van der Waals surface area contributed by atoms with Crippen LogP contribution < -0.4 is 4.74 Å². The number of benzene rings is 1. The highest BCUT2D eigenvalue weighted by Crippen LogP contribution is 2.42. The summed E-state index contributed by atoms with van der Waals surface area (Å²) in [5, 5.41) is 0. The van der Waals surface area contributed by atoms with Crippen molar-refractivity contribution in [3.63, 3.8) is 0 Å². The Morgan fingerprint density at radius 2 is 1.89 bits per heavy atom. The molecule has 1 aromatic carbocycles. The van der Waals surface area contributed by atoms with Gasteiger partial charge in [0.15, 0.2) is 8.32 Å². The summed E-state index contributed by atoms with van der Waals surface area (Å²) in [6.07, 6.45) is 7.51. The van der Waals surface area contributed by atoms with E-state index in [1.54, 1.807) is 6.07 Å². The topological polar surface area (TPSA) is 44.8 Å². The lowest BCUT2D eigenvalue weighted by Gasteiger charge is -2.32. The molecule has 1 aromatic rings. The van der Waals surface area contributed by atoms with E-state index in [4.69, 9.17) is 13.9 Å². The third-order valence-corrected chi connectivity index (χ3v) is 13.0. The highest BCUT2D eigenvalue weighted by molar-refractivity contribution is 6.73. The molecule has 1 heterocycles. The summed E-state index contributed by atoms with van der Waals surface area (Å²) in [6.45, 7) is 8.78. The number of ether oxygens (including phenoxy) is 2. The monoisotopic (exact) mass is 552 g/mol. The van der Waals surface area contributed by atoms with Crippen LogP contribution in [-0.2, 0) is 20.1 Å². The summed E-state index contributed by atoms with van der Waals surface area (Å²) in [7, 11) is -2.02. The molecule has 0 saturated heterocycles. The summed E-state index contributed by atoms with van der Waals surface area (Å²) in [5.74, 6) is 0.788. The van der Waals surface area contributed by atoms with Crippen molar-refractivity contribution in [1.29, 1.82) is 0 Å². The number of carbonyl (C=O) groups excluding carboxylic acids is 1. The molecule has 0 spiro atoms. The van der Waals surface area contributed by atoms with Crippen LogP contribution in [0.5, 0.6) is 5.75 Å². The van der Waals surface area contributed by atoms with Gasteiger partial charge in [0.05, 0.1) is 11.7 Å². The second-order valence-corrected chi connectivity index (χ2v) is 15.4. The number of rotatable bonds is 10. The van der Waals surface area contributed by atoms with Crippen LogP contribution >= 0.6 is 0 Å². The molecule has 212 valence electrons. The van der Waals surface area contributed by atoms with E-state index in [1.807, 2.05) is 6.08 Å². The number of halogens is 3. The van der Waals surface area contributed by atoms with Gasteiger partial charge in [0, 0.05) is 12.3 Å². The first-order valence-corrected chi connectivity index (χ1v) is 16.6. The Kier molecular flexibility index (Phi) is 11.1. The maximum atomic E-state index is 13.2. The average molecular weight is 553 g/mol. The van der Waals surface area contributed by atoms with Gasteiger partial charge in [-0.25, -0.2) is 0 Å². The maximum absolute atomic E-state index is 13.2. The van der Waals surface area contributed by atoms with Crippen LogP contribution in [0, 0.1) is 17.8 Å². The normalized spacial score (nSPS) is 26.6. The Hall–Kier alpha value is -2.06. The minimum absolute atomic E-state index is 0.106. The molecule has 1 saturated carbocycles. The van der Waals surface area contributed by atoms with Gasteiger partial charge in [0.25, 0.3) is 0 Å². The molecule has 38 heavy (non-hydrogen) atoms. The van der Waals surface area contributed by atoms with Crippen molar-refractivity contribution in [3.8, 4) is 5.75 Å². The Morgan fingerprint density at radius 3 is 2.58 bits per heavy atom. The fraction of sp³-hybridized carbons (Fsp3) is 0.633. The SMILES string of the molecule is CC[Si](CC)(CC)OC(/C=C/[C@@H]1[C@H]2C/C=C\CCCC(=O)O[C@H]2C[C@H]1C)COc1cccc(C(F)(F)F)c1. The molecular formula is C30H43F3O4Si. The Labute approximate surface area is 226 Å². The first kappa shape index (κ1) is 30.5. The molecule has 5 atom stereocenters. The number of allylic oxidation sites excluding steroid dienone is 3. The molecule has 1 fully saturated rings. The molecule has 1 aliphatic heterocycles. The van der Waals surface area contributed by atoms with E-state index in [0.29, 0.717) is 12.3 Å². The molecule has 1 aliphatic carbocycles. The standard InChI is InChI=1S/C30H43F3O4Si/c1-5-38(6-2,7-3)37-25(21-35-24-14-12-13-23(20-24)30(31,32)33)17-18-26-22(4)19-28-27(26)15-10-8-9-11-16-29(34)36-28/h8,10,12-14,17-18,20,22,25-28H,5-7,9,11,15-16,19,21H2,1-4H3/b10-8-,18-17+/t22-,25?,26+,27-,28+/m1/s1. The van der Waals surface area contributed by atoms with Gasteiger partial charge < -0.3 is 13.9 Å². The third-order valence-electron chi connectivity index (χ3n) is 8.30. The van der Waals surface area contributed by atoms with Gasteiger partial charge in [0.2, 0.25) is 0 Å². The highest BCUT2D eigenvalue weighted by Gasteiger charge is 2.41. The van der Waals surface area contributed by atoms with Crippen molar-refractivity contribution < 1.29 is 31.9 Å². The van der Waals surface area contributed by atoms with E-state index in [0.717, 1.165) is 55.9 Å². The second kappa shape index (κ2) is 13.8. The second-order valence-electron chi connectivity index (χ2n) is 10.7. The largest absolute Gasteiger partial charge is 0.491 e. The van der Waals surface area contributed by atoms with Crippen molar-refractivity contribution >= 4 is 14.3 Å². The zero-order valence-corrected chi connectivity index (χ0v) is 24.1. The molecule has 3 rings (SSSR count). The fourth-order valence-corrected chi connectivity index (χ4v) is 8.54. The van der Waals surface area contributed by atoms with E-state index in [2.05, 4.69) is 45.9 Å². The van der Waals surface area contributed by atoms with Gasteiger partial charge in [-0.15, -0.1) is 0 Å². The minimum atomic E-state index is -4.42. The van der Waals surface area contributed by atoms with Crippen molar-refractivity contribution in [2.24, 2.45) is 17.8 Å². The zero-order chi connectivity index (χ0) is 27.8. The van der Waals surface area contributed by atoms with Crippen molar-refractivity contribution in [2.45, 2.75) is 96.3 Å². The summed E-state index contributed by atoms with van der Waals surface area (Å²) >= 11 is 0. The smallest absolute Gasteiger partial charge is 0.416 e. The first-order valence-electron chi connectivity index (χ1n) is 14.1. The quantitative estimate of drug-likeness (QED) is 0.166. The Balaban J connectivity index is 1.81. The number of fused-ring (bicyclic) bond motifs is 1. The molecule has 0 N–H and O–H groups in total. The summed E-state index contributed by atoms with van der Waals surface area (Å²) < 4.78 is 58.1. The van der Waals surface area contributed by atoms with Crippen LogP contribution in [0.2, 0.25) is 18.1 Å². The van der Waals surface area contributed by atoms with Crippen LogP contribution in [-0.4, -0.2) is 33.1 Å². The van der Waals surface area contributed by atoms with E-state index < -0.39 is 20.1 Å². The lowest BCUT2D eigenvalue weighted by atomic mass is 9.86. The van der Waals surface area contributed by atoms with Crippen molar-refractivity contribution in [1.82, 2.24) is 0 Å². The number of esters is 1. The van der Waals surface area contributed by atoms with Gasteiger partial charge >= 0.3 is 12.1 Å². The van der Waals surface area contributed by atoms with Crippen molar-refractivity contribution in [3.05, 3.63) is 54.1 Å². The van der Waals surface area contributed by atoms with E-state index in [1.165, 1.54) is 6.07 Å². The van der Waals surface area contributed by atoms with Gasteiger partial charge in [-0.1, -0.05) is 58.1 Å². The fourth-order valence-electron chi connectivity index (χ4n) is 5.75. The first-order chi connectivity index (χ1) is 18.1. The highest BCUT2D eigenvalue weighted by atomic mass is 28.4. The maximum Gasteiger partial charge on any atom is 0.416 e. The molecule has 8 heteroatoms. The van der Waals surface area contributed by atoms with E-state index in [-0.39, 0.29) is 42.4 Å². The predicted molar refractivity (Wildman–Crippen MR) is 146 cm³/mol. The molecule has 2 aliphatic rings. The van der Waals surface area contributed by atoms with Crippen LogP contribution in [0.3, 0.4) is 0 Å². The lowest BCUT2D eigenvalue weighted by molar-refractivity contribution is -0.151. The van der Waals surface area contributed by atoms with Crippen molar-refractivity contribution in [2.75, 3.05) is 6.61 Å². The lowest BCUT2D eigenvalue weighted by Crippen LogP contribution is -2.41. The zero-order valence-electron chi connectivity index (χ0n) is 23.1. The van der Waals surface area contributed by atoms with Gasteiger partial charge in [0.1, 0.15) is 18.5 Å². The molecule has 0 bridgehead atoms.